The number of aromatic hydroxyl groups is 1. The Morgan fingerprint density at radius 1 is 1.33 bits per heavy atom. The minimum absolute atomic E-state index is 0.202. The smallest absolute Gasteiger partial charge is 0.153 e. The molecule has 0 spiro atoms. The van der Waals surface area contributed by atoms with Crippen LogP contribution in [0, 0.1) is 0 Å². The Kier molecular flexibility index (Phi) is 2.24. The molecule has 5 nitrogen and oxygen atoms in total. The number of phenols is 1. The fraction of sp³-hybridized carbons (Fsp3) is 0.231. The largest absolute Gasteiger partial charge is 0.507 e. The van der Waals surface area contributed by atoms with Crippen LogP contribution in [0.4, 0.5) is 5.82 Å². The van der Waals surface area contributed by atoms with Gasteiger partial charge in [0.25, 0.3) is 0 Å². The Morgan fingerprint density at radius 2 is 2.11 bits per heavy atom. The van der Waals surface area contributed by atoms with E-state index in [-0.39, 0.29) is 5.75 Å². The van der Waals surface area contributed by atoms with Gasteiger partial charge in [0.15, 0.2) is 5.82 Å². The van der Waals surface area contributed by atoms with Crippen molar-refractivity contribution in [3.63, 3.8) is 0 Å². The first-order valence-corrected chi connectivity index (χ1v) is 5.77. The number of nitrogens with zero attached hydrogens (tertiary/aromatic N) is 2. The van der Waals surface area contributed by atoms with Gasteiger partial charge in [-0.25, -0.2) is 0 Å². The van der Waals surface area contributed by atoms with E-state index in [0.717, 1.165) is 11.4 Å². The molecule has 1 aromatic carbocycles. The molecule has 0 saturated carbocycles. The van der Waals surface area contributed by atoms with Gasteiger partial charge in [-0.1, -0.05) is 12.1 Å². The van der Waals surface area contributed by atoms with Crippen molar-refractivity contribution in [2.75, 3.05) is 5.32 Å². The highest BCUT2D eigenvalue weighted by Crippen LogP contribution is 2.32. The van der Waals surface area contributed by atoms with Gasteiger partial charge in [-0.3, -0.25) is 0 Å². The van der Waals surface area contributed by atoms with Gasteiger partial charge in [0, 0.05) is 17.5 Å². The molecule has 1 unspecified atom stereocenters. The van der Waals surface area contributed by atoms with Gasteiger partial charge in [-0.05, 0) is 25.1 Å². The van der Waals surface area contributed by atoms with Gasteiger partial charge in [0.1, 0.15) is 5.75 Å². The number of fused-ring (bicyclic) bond motifs is 1. The third-order valence-electron chi connectivity index (χ3n) is 3.01. The molecule has 1 aliphatic heterocycles. The van der Waals surface area contributed by atoms with Crippen LogP contribution >= 0.6 is 0 Å². The fourth-order valence-electron chi connectivity index (χ4n) is 2.20. The molecule has 3 rings (SSSR count). The highest BCUT2D eigenvalue weighted by atomic mass is 16.3. The second kappa shape index (κ2) is 3.68. The van der Waals surface area contributed by atoms with E-state index < -0.39 is 5.66 Å². The first-order valence-electron chi connectivity index (χ1n) is 5.77. The van der Waals surface area contributed by atoms with E-state index in [1.807, 2.05) is 25.1 Å². The van der Waals surface area contributed by atoms with Crippen molar-refractivity contribution in [1.29, 1.82) is 0 Å². The van der Waals surface area contributed by atoms with Crippen molar-refractivity contribution in [3.05, 3.63) is 35.9 Å². The second-order valence-electron chi connectivity index (χ2n) is 4.84. The number of anilines is 1. The summed E-state index contributed by atoms with van der Waals surface area (Å²) >= 11 is 0. The number of rotatable bonds is 1. The molecular formula is C13H14N4O. The molecule has 1 atom stereocenters. The summed E-state index contributed by atoms with van der Waals surface area (Å²) in [6, 6.07) is 9.00. The third kappa shape index (κ3) is 1.78. The average molecular weight is 242 g/mol. The molecule has 18 heavy (non-hydrogen) atoms. The molecule has 0 amide bonds. The Labute approximate surface area is 105 Å². The monoisotopic (exact) mass is 242 g/mol. The number of benzene rings is 1. The van der Waals surface area contributed by atoms with Crippen molar-refractivity contribution >= 4 is 5.82 Å². The summed E-state index contributed by atoms with van der Waals surface area (Å²) in [5.74, 6) is 0.924. The summed E-state index contributed by atoms with van der Waals surface area (Å²) in [7, 11) is 0. The maximum atomic E-state index is 9.81. The lowest BCUT2D eigenvalue weighted by atomic mass is 10.1. The van der Waals surface area contributed by atoms with Gasteiger partial charge in [0.05, 0.1) is 11.4 Å². The van der Waals surface area contributed by atoms with Crippen molar-refractivity contribution in [2.45, 2.75) is 19.0 Å². The van der Waals surface area contributed by atoms with E-state index in [1.165, 1.54) is 0 Å². The van der Waals surface area contributed by atoms with Gasteiger partial charge in [0.2, 0.25) is 0 Å². The summed E-state index contributed by atoms with van der Waals surface area (Å²) in [6.07, 6.45) is 0.693. The highest BCUT2D eigenvalue weighted by Gasteiger charge is 2.29. The molecule has 0 bridgehead atoms. The standard InChI is InChI=1S/C13H14N4O/c1-13(14)7-8-6-10(16-17-12(8)15-13)9-4-2-3-5-11(9)18/h2-6,18H,7,14H2,1H3,(H,15,17). The molecule has 0 saturated heterocycles. The zero-order chi connectivity index (χ0) is 12.8. The van der Waals surface area contributed by atoms with Crippen molar-refractivity contribution < 1.29 is 5.11 Å². The van der Waals surface area contributed by atoms with Crippen molar-refractivity contribution in [1.82, 2.24) is 10.2 Å². The Morgan fingerprint density at radius 3 is 2.89 bits per heavy atom. The molecule has 4 N–H and O–H groups in total. The number of phenolic OH excluding ortho intramolecular Hbond substituents is 1. The normalized spacial score (nSPS) is 21.4. The first kappa shape index (κ1) is 11.0. The van der Waals surface area contributed by atoms with Crippen LogP contribution in [0.15, 0.2) is 30.3 Å². The van der Waals surface area contributed by atoms with E-state index >= 15 is 0 Å². The van der Waals surface area contributed by atoms with E-state index in [2.05, 4.69) is 15.5 Å². The molecule has 1 aliphatic rings. The van der Waals surface area contributed by atoms with Crippen LogP contribution in [0.1, 0.15) is 12.5 Å². The van der Waals surface area contributed by atoms with Crippen molar-refractivity contribution in [2.24, 2.45) is 5.73 Å². The highest BCUT2D eigenvalue weighted by molar-refractivity contribution is 5.69. The topological polar surface area (TPSA) is 84.1 Å². The van der Waals surface area contributed by atoms with Crippen LogP contribution in [0.2, 0.25) is 0 Å². The van der Waals surface area contributed by atoms with Crippen LogP contribution < -0.4 is 11.1 Å². The molecule has 1 aromatic heterocycles. The summed E-state index contributed by atoms with van der Waals surface area (Å²) in [5, 5.41) is 21.2. The molecule has 0 radical (unpaired) electrons. The van der Waals surface area contributed by atoms with Crippen molar-refractivity contribution in [3.8, 4) is 17.0 Å². The predicted molar refractivity (Wildman–Crippen MR) is 69.1 cm³/mol. The van der Waals surface area contributed by atoms with Gasteiger partial charge in [-0.15, -0.1) is 10.2 Å². The molecular weight excluding hydrogens is 228 g/mol. The lowest BCUT2D eigenvalue weighted by Gasteiger charge is -2.17. The minimum atomic E-state index is -0.478. The summed E-state index contributed by atoms with van der Waals surface area (Å²) in [4.78, 5) is 0. The van der Waals surface area contributed by atoms with E-state index in [4.69, 9.17) is 5.73 Å². The van der Waals surface area contributed by atoms with E-state index in [0.29, 0.717) is 17.7 Å². The van der Waals surface area contributed by atoms with Crippen LogP contribution in [-0.2, 0) is 6.42 Å². The Bertz CT molecular complexity index is 610. The summed E-state index contributed by atoms with van der Waals surface area (Å²) in [6.45, 7) is 1.91. The lowest BCUT2D eigenvalue weighted by molar-refractivity contribution is 0.477. The molecule has 0 aliphatic carbocycles. The predicted octanol–water partition coefficient (Wildman–Crippen LogP) is 1.49. The average Bonchev–Trinajstić information content (AvgIpc) is 2.62. The summed E-state index contributed by atoms with van der Waals surface area (Å²) < 4.78 is 0. The number of aromatic nitrogens is 2. The number of para-hydroxylation sites is 1. The molecule has 5 heteroatoms. The number of hydrogen-bond acceptors (Lipinski definition) is 5. The maximum absolute atomic E-state index is 9.81. The second-order valence-corrected chi connectivity index (χ2v) is 4.84. The van der Waals surface area contributed by atoms with Crippen LogP contribution in [0.25, 0.3) is 11.3 Å². The number of nitrogens with one attached hydrogen (secondary N) is 1. The lowest BCUT2D eigenvalue weighted by Crippen LogP contribution is -2.42. The van der Waals surface area contributed by atoms with Crippen LogP contribution in [-0.4, -0.2) is 21.0 Å². The number of nitrogens with two attached hydrogens (primary N) is 1. The van der Waals surface area contributed by atoms with E-state index in [1.54, 1.807) is 12.1 Å². The Hall–Kier alpha value is -2.14. The van der Waals surface area contributed by atoms with Crippen LogP contribution in [0.3, 0.4) is 0 Å². The maximum Gasteiger partial charge on any atom is 0.153 e. The SMILES string of the molecule is CC1(N)Cc2cc(-c3ccccc3O)nnc2N1. The van der Waals surface area contributed by atoms with Gasteiger partial charge in [-0.2, -0.15) is 0 Å². The quantitative estimate of drug-likeness (QED) is 0.705. The van der Waals surface area contributed by atoms with Gasteiger partial charge >= 0.3 is 0 Å². The molecule has 92 valence electrons. The van der Waals surface area contributed by atoms with E-state index in [9.17, 15) is 5.11 Å². The zero-order valence-electron chi connectivity index (χ0n) is 10.0. The zero-order valence-corrected chi connectivity index (χ0v) is 10.0. The number of hydrogen-bond donors (Lipinski definition) is 3. The minimum Gasteiger partial charge on any atom is -0.507 e. The molecule has 0 fully saturated rings. The van der Waals surface area contributed by atoms with Gasteiger partial charge < -0.3 is 16.2 Å². The first-order chi connectivity index (χ1) is 8.55. The molecule has 2 heterocycles. The summed E-state index contributed by atoms with van der Waals surface area (Å²) in [5.41, 5.74) is 7.90. The third-order valence-corrected chi connectivity index (χ3v) is 3.01. The Balaban J connectivity index is 2.05. The molecule has 2 aromatic rings. The fourth-order valence-corrected chi connectivity index (χ4v) is 2.20. The van der Waals surface area contributed by atoms with Crippen LogP contribution in [0.5, 0.6) is 5.75 Å².